The number of aliphatic carboxylic acids is 2. The number of carboxylic acids is 2. The highest BCUT2D eigenvalue weighted by Crippen LogP contribution is 2.14. The number of unbranched alkanes of at least 4 members (excludes halogenated alkanes) is 7. The molecule has 0 rings (SSSR count). The maximum Gasteiger partial charge on any atom is 0.303 e. The number of carbonyl (C=O) groups is 2. The molecule has 0 aromatic heterocycles. The molecule has 5 nitrogen and oxygen atoms in total. The van der Waals surface area contributed by atoms with Crippen LogP contribution in [0.4, 0.5) is 0 Å². The maximum atomic E-state index is 10.4. The molecule has 35 heavy (non-hydrogen) atoms. The summed E-state index contributed by atoms with van der Waals surface area (Å²) in [5, 5.41) is 18.9. The molecule has 0 fully saturated rings. The number of quaternary nitrogens is 1. The zero-order valence-corrected chi connectivity index (χ0v) is 24.0. The third-order valence-electron chi connectivity index (χ3n) is 7.25. The average Bonchev–Trinajstić information content (AvgIpc) is 2.83. The number of nitrogens with zero attached hydrogens (tertiary/aromatic N) is 1. The van der Waals surface area contributed by atoms with Crippen molar-refractivity contribution in [1.82, 2.24) is 0 Å². The van der Waals surface area contributed by atoms with Crippen LogP contribution < -0.4 is 5.11 Å². The third-order valence-corrected chi connectivity index (χ3v) is 7.25. The van der Waals surface area contributed by atoms with E-state index in [1.807, 2.05) is 0 Å². The lowest BCUT2D eigenvalue weighted by Crippen LogP contribution is -2.47. The van der Waals surface area contributed by atoms with Crippen LogP contribution in [-0.2, 0) is 9.59 Å². The topological polar surface area (TPSA) is 77.4 Å². The lowest BCUT2D eigenvalue weighted by molar-refractivity contribution is -0.921. The van der Waals surface area contributed by atoms with Crippen molar-refractivity contribution >= 4 is 11.9 Å². The Labute approximate surface area is 217 Å². The van der Waals surface area contributed by atoms with E-state index in [1.54, 1.807) is 0 Å². The molecular weight excluding hydrogens is 438 g/mol. The van der Waals surface area contributed by atoms with E-state index >= 15 is 0 Å². The lowest BCUT2D eigenvalue weighted by Gasteiger charge is -2.34. The number of hydrogen-bond donors (Lipinski definition) is 1. The predicted octanol–water partition coefficient (Wildman–Crippen LogP) is 7.06. The van der Waals surface area contributed by atoms with Crippen molar-refractivity contribution in [3.05, 3.63) is 23.3 Å². The van der Waals surface area contributed by atoms with Gasteiger partial charge in [-0.1, -0.05) is 49.0 Å². The van der Waals surface area contributed by atoms with Crippen molar-refractivity contribution in [1.29, 1.82) is 0 Å². The molecule has 0 spiro atoms. The van der Waals surface area contributed by atoms with E-state index < -0.39 is 11.9 Å². The molecule has 0 unspecified atom stereocenters. The monoisotopic (exact) mass is 495 g/mol. The lowest BCUT2D eigenvalue weighted by atomic mass is 10.0. The summed E-state index contributed by atoms with van der Waals surface area (Å²) < 4.78 is 1.28. The predicted molar refractivity (Wildman–Crippen MR) is 147 cm³/mol. The van der Waals surface area contributed by atoms with Crippen LogP contribution >= 0.6 is 0 Å². The SMILES string of the molecule is CC(=CCCC=C(C)CCCCCCC(=O)O)CCCCCCC(=O)[O-].CC[N+](CC)(CC)CC. The number of hydrogen-bond acceptors (Lipinski definition) is 3. The van der Waals surface area contributed by atoms with Crippen molar-refractivity contribution in [2.24, 2.45) is 0 Å². The number of carbonyl (C=O) groups excluding carboxylic acids is 1. The Morgan fingerprint density at radius 1 is 0.629 bits per heavy atom. The Kier molecular flexibility index (Phi) is 24.5. The average molecular weight is 496 g/mol. The Hall–Kier alpha value is -1.62. The van der Waals surface area contributed by atoms with Gasteiger partial charge in [0.1, 0.15) is 0 Å². The summed E-state index contributed by atoms with van der Waals surface area (Å²) in [6.07, 6.45) is 17.5. The molecule has 0 aliphatic heterocycles. The summed E-state index contributed by atoms with van der Waals surface area (Å²) in [6, 6.07) is 0. The summed E-state index contributed by atoms with van der Waals surface area (Å²) >= 11 is 0. The molecule has 0 aromatic carbocycles. The molecule has 0 heterocycles. The minimum atomic E-state index is -0.942. The number of carboxylic acid groups (broad SMARTS) is 2. The normalized spacial score (nSPS) is 12.3. The molecule has 1 N–H and O–H groups in total. The zero-order chi connectivity index (χ0) is 27.0. The molecule has 0 bridgehead atoms. The van der Waals surface area contributed by atoms with Crippen LogP contribution in [0, 0.1) is 0 Å². The van der Waals surface area contributed by atoms with Gasteiger partial charge in [-0.2, -0.15) is 0 Å². The Bertz CT molecular complexity index is 532. The van der Waals surface area contributed by atoms with Gasteiger partial charge in [-0.25, -0.2) is 0 Å². The molecule has 0 amide bonds. The van der Waals surface area contributed by atoms with Crippen molar-refractivity contribution in [3.8, 4) is 0 Å². The molecule has 0 saturated heterocycles. The molecular formula is C30H57NO4. The highest BCUT2D eigenvalue weighted by atomic mass is 16.4. The van der Waals surface area contributed by atoms with E-state index in [2.05, 4.69) is 53.7 Å². The van der Waals surface area contributed by atoms with Crippen LogP contribution in [0.2, 0.25) is 0 Å². The van der Waals surface area contributed by atoms with Crippen molar-refractivity contribution < 1.29 is 24.3 Å². The summed E-state index contributed by atoms with van der Waals surface area (Å²) in [6.45, 7) is 18.6. The first kappa shape index (κ1) is 35.5. The van der Waals surface area contributed by atoms with E-state index in [-0.39, 0.29) is 6.42 Å². The molecule has 0 saturated carbocycles. The van der Waals surface area contributed by atoms with E-state index in [0.717, 1.165) is 77.0 Å². The maximum absolute atomic E-state index is 10.4. The van der Waals surface area contributed by atoms with E-state index in [9.17, 15) is 14.7 Å². The highest BCUT2D eigenvalue weighted by molar-refractivity contribution is 5.66. The van der Waals surface area contributed by atoms with Gasteiger partial charge in [-0.05, 0) is 99.3 Å². The van der Waals surface area contributed by atoms with Crippen LogP contribution in [0.1, 0.15) is 131 Å². The first-order chi connectivity index (χ1) is 16.7. The van der Waals surface area contributed by atoms with Crippen molar-refractivity contribution in [3.63, 3.8) is 0 Å². The fourth-order valence-electron chi connectivity index (χ4n) is 4.27. The second kappa shape index (κ2) is 24.1. The Morgan fingerprint density at radius 2 is 0.971 bits per heavy atom. The summed E-state index contributed by atoms with van der Waals surface area (Å²) in [5.74, 6) is -1.64. The molecule has 206 valence electrons. The molecule has 0 aliphatic carbocycles. The zero-order valence-electron chi connectivity index (χ0n) is 24.0. The van der Waals surface area contributed by atoms with Crippen LogP contribution in [0.5, 0.6) is 0 Å². The minimum Gasteiger partial charge on any atom is -0.550 e. The van der Waals surface area contributed by atoms with Crippen LogP contribution in [0.3, 0.4) is 0 Å². The van der Waals surface area contributed by atoms with Gasteiger partial charge in [0.15, 0.2) is 0 Å². The minimum absolute atomic E-state index is 0.183. The van der Waals surface area contributed by atoms with Gasteiger partial charge in [-0.15, -0.1) is 0 Å². The molecule has 0 aromatic rings. The van der Waals surface area contributed by atoms with Gasteiger partial charge in [0, 0.05) is 12.4 Å². The largest absolute Gasteiger partial charge is 0.550 e. The molecule has 0 aliphatic rings. The van der Waals surface area contributed by atoms with E-state index in [4.69, 9.17) is 5.11 Å². The standard InChI is InChI=1S/C22H38O4.C8H20N/c1-19(13-7-3-5-9-17-21(23)24)15-11-12-16-20(2)14-8-4-6-10-18-22(25)26;1-5-9(6-2,7-3)8-4/h15-16H,3-14,17-18H2,1-2H3,(H,23,24)(H,25,26);5-8H2,1-4H3/q;+1/p-1. The van der Waals surface area contributed by atoms with Gasteiger partial charge in [0.25, 0.3) is 0 Å². The summed E-state index contributed by atoms with van der Waals surface area (Å²) in [7, 11) is 0. The molecule has 0 atom stereocenters. The van der Waals surface area contributed by atoms with Crippen LogP contribution in [0.25, 0.3) is 0 Å². The Morgan fingerprint density at radius 3 is 1.26 bits per heavy atom. The smallest absolute Gasteiger partial charge is 0.303 e. The fourth-order valence-corrected chi connectivity index (χ4v) is 4.27. The number of rotatable bonds is 21. The molecule has 0 radical (unpaired) electrons. The first-order valence-corrected chi connectivity index (χ1v) is 14.2. The quantitative estimate of drug-likeness (QED) is 0.105. The van der Waals surface area contributed by atoms with Crippen molar-refractivity contribution in [2.75, 3.05) is 26.2 Å². The van der Waals surface area contributed by atoms with Gasteiger partial charge >= 0.3 is 5.97 Å². The second-order valence-corrected chi connectivity index (χ2v) is 9.88. The fraction of sp³-hybridized carbons (Fsp3) is 0.800. The first-order valence-electron chi connectivity index (χ1n) is 14.2. The molecule has 5 heteroatoms. The van der Waals surface area contributed by atoms with Crippen molar-refractivity contribution in [2.45, 2.75) is 131 Å². The summed E-state index contributed by atoms with van der Waals surface area (Å²) in [5.41, 5.74) is 2.86. The van der Waals surface area contributed by atoms with Gasteiger partial charge in [0.05, 0.1) is 26.2 Å². The second-order valence-electron chi connectivity index (χ2n) is 9.88. The van der Waals surface area contributed by atoms with Crippen LogP contribution in [0.15, 0.2) is 23.3 Å². The highest BCUT2D eigenvalue weighted by Gasteiger charge is 2.16. The van der Waals surface area contributed by atoms with E-state index in [0.29, 0.717) is 6.42 Å². The van der Waals surface area contributed by atoms with Crippen LogP contribution in [-0.4, -0.2) is 47.7 Å². The summed E-state index contributed by atoms with van der Waals surface area (Å²) in [4.78, 5) is 20.7. The van der Waals surface area contributed by atoms with E-state index in [1.165, 1.54) is 41.8 Å². The van der Waals surface area contributed by atoms with Gasteiger partial charge in [0.2, 0.25) is 0 Å². The Balaban J connectivity index is 0. The number of allylic oxidation sites excluding steroid dienone is 4. The van der Waals surface area contributed by atoms with Gasteiger partial charge < -0.3 is 19.5 Å². The van der Waals surface area contributed by atoms with Gasteiger partial charge in [-0.3, -0.25) is 4.79 Å². The third kappa shape index (κ3) is 23.9.